The molecule has 1 amide bonds. The fraction of sp³-hybridized carbons (Fsp3) is 0.190. The molecule has 2 aromatic carbocycles. The first kappa shape index (κ1) is 16.2. The maximum Gasteiger partial charge on any atom is 0.273 e. The van der Waals surface area contributed by atoms with Crippen molar-refractivity contribution in [3.63, 3.8) is 0 Å². The average Bonchev–Trinajstić information content (AvgIpc) is 3.46. The molecule has 1 N–H and O–H groups in total. The number of carbonyl (C=O) groups excluding carboxylic acids is 1. The number of aromatic nitrogens is 3. The highest BCUT2D eigenvalue weighted by Gasteiger charge is 2.33. The van der Waals surface area contributed by atoms with E-state index in [9.17, 15) is 4.79 Å². The minimum atomic E-state index is -0.0215. The second-order valence-electron chi connectivity index (χ2n) is 6.70. The Kier molecular flexibility index (Phi) is 3.98. The van der Waals surface area contributed by atoms with E-state index in [4.69, 9.17) is 4.98 Å². The lowest BCUT2D eigenvalue weighted by molar-refractivity contribution is 0.0725. The van der Waals surface area contributed by atoms with E-state index in [-0.39, 0.29) is 11.9 Å². The molecule has 1 aliphatic heterocycles. The van der Waals surface area contributed by atoms with Gasteiger partial charge in [-0.1, -0.05) is 42.5 Å². The smallest absolute Gasteiger partial charge is 0.273 e. The van der Waals surface area contributed by atoms with Crippen LogP contribution in [-0.2, 0) is 0 Å². The van der Waals surface area contributed by atoms with Gasteiger partial charge in [-0.2, -0.15) is 0 Å². The largest absolute Gasteiger partial charge is 0.340 e. The summed E-state index contributed by atoms with van der Waals surface area (Å²) in [5.74, 6) is 0.844. The van der Waals surface area contributed by atoms with Crippen LogP contribution in [0.15, 0.2) is 60.0 Å². The van der Waals surface area contributed by atoms with E-state index >= 15 is 0 Å². The highest BCUT2D eigenvalue weighted by molar-refractivity contribution is 7.13. The lowest BCUT2D eigenvalue weighted by atomic mass is 10.2. The molecule has 0 saturated carbocycles. The van der Waals surface area contributed by atoms with Gasteiger partial charge in [-0.15, -0.1) is 11.3 Å². The van der Waals surface area contributed by atoms with E-state index in [0.29, 0.717) is 5.69 Å². The summed E-state index contributed by atoms with van der Waals surface area (Å²) in [6.45, 7) is 0.735. The number of thiazole rings is 1. The Morgan fingerprint density at radius 2 is 1.89 bits per heavy atom. The number of carbonyl (C=O) groups is 1. The summed E-state index contributed by atoms with van der Waals surface area (Å²) in [6.07, 6.45) is 1.89. The minimum Gasteiger partial charge on any atom is -0.340 e. The molecule has 1 atom stereocenters. The number of aromatic amines is 1. The third kappa shape index (κ3) is 2.92. The summed E-state index contributed by atoms with van der Waals surface area (Å²) in [4.78, 5) is 27.7. The molecular weight excluding hydrogens is 356 g/mol. The summed E-state index contributed by atoms with van der Waals surface area (Å²) < 4.78 is 0. The normalized spacial score (nSPS) is 16.9. The van der Waals surface area contributed by atoms with Crippen LogP contribution in [0.2, 0.25) is 0 Å². The van der Waals surface area contributed by atoms with Crippen molar-refractivity contribution in [2.75, 3.05) is 6.54 Å². The fourth-order valence-electron chi connectivity index (χ4n) is 3.66. The molecular formula is C21H18N4OS. The van der Waals surface area contributed by atoms with Gasteiger partial charge in [0.05, 0.1) is 17.1 Å². The number of benzene rings is 2. The van der Waals surface area contributed by atoms with Crippen LogP contribution >= 0.6 is 11.3 Å². The predicted molar refractivity (Wildman–Crippen MR) is 107 cm³/mol. The lowest BCUT2D eigenvalue weighted by Gasteiger charge is -2.22. The number of para-hydroxylation sites is 2. The van der Waals surface area contributed by atoms with Crippen molar-refractivity contribution in [2.45, 2.75) is 18.9 Å². The van der Waals surface area contributed by atoms with Gasteiger partial charge in [0.2, 0.25) is 0 Å². The Balaban J connectivity index is 1.43. The monoisotopic (exact) mass is 374 g/mol. The molecule has 4 aromatic rings. The summed E-state index contributed by atoms with van der Waals surface area (Å²) in [5, 5.41) is 2.73. The van der Waals surface area contributed by atoms with Crippen LogP contribution in [-0.4, -0.2) is 32.3 Å². The molecule has 0 radical (unpaired) electrons. The standard InChI is InChI=1S/C21H18N4OS/c26-21(17-13-27-20(24-17)14-7-2-1-3-8-14)25-12-6-11-18(25)19-22-15-9-4-5-10-16(15)23-19/h1-5,7-10,13,18H,6,11-12H2,(H,22,23). The van der Waals surface area contributed by atoms with Crippen LogP contribution in [0.25, 0.3) is 21.6 Å². The SMILES string of the molecule is O=C(c1csc(-c2ccccc2)n1)N1CCCC1c1nc2ccccc2[nH]1. The van der Waals surface area contributed by atoms with Crippen molar-refractivity contribution in [1.82, 2.24) is 19.9 Å². The zero-order valence-electron chi connectivity index (χ0n) is 14.6. The second kappa shape index (κ2) is 6.63. The molecule has 0 bridgehead atoms. The van der Waals surface area contributed by atoms with Crippen LogP contribution in [0.1, 0.15) is 35.2 Å². The zero-order chi connectivity index (χ0) is 18.2. The average molecular weight is 374 g/mol. The summed E-state index contributed by atoms with van der Waals surface area (Å²) in [5.41, 5.74) is 3.50. The van der Waals surface area contributed by atoms with Gasteiger partial charge < -0.3 is 9.88 Å². The molecule has 134 valence electrons. The molecule has 5 rings (SSSR count). The second-order valence-corrected chi connectivity index (χ2v) is 7.56. The number of imidazole rings is 1. The zero-order valence-corrected chi connectivity index (χ0v) is 15.4. The molecule has 1 unspecified atom stereocenters. The van der Waals surface area contributed by atoms with Gasteiger partial charge in [-0.25, -0.2) is 9.97 Å². The summed E-state index contributed by atoms with van der Waals surface area (Å²) in [6, 6.07) is 17.9. The minimum absolute atomic E-state index is 0.0172. The Hall–Kier alpha value is -2.99. The van der Waals surface area contributed by atoms with Crippen molar-refractivity contribution in [3.8, 4) is 10.6 Å². The van der Waals surface area contributed by atoms with Gasteiger partial charge in [-0.3, -0.25) is 4.79 Å². The highest BCUT2D eigenvalue weighted by atomic mass is 32.1. The number of amides is 1. The third-order valence-electron chi connectivity index (χ3n) is 4.98. The topological polar surface area (TPSA) is 61.9 Å². The molecule has 5 nitrogen and oxygen atoms in total. The molecule has 1 fully saturated rings. The van der Waals surface area contributed by atoms with E-state index < -0.39 is 0 Å². The third-order valence-corrected chi connectivity index (χ3v) is 5.87. The number of nitrogens with zero attached hydrogens (tertiary/aromatic N) is 3. The highest BCUT2D eigenvalue weighted by Crippen LogP contribution is 2.33. The number of hydrogen-bond acceptors (Lipinski definition) is 4. The van der Waals surface area contributed by atoms with E-state index in [1.165, 1.54) is 11.3 Å². The van der Waals surface area contributed by atoms with Crippen LogP contribution in [0.5, 0.6) is 0 Å². The first-order valence-corrected chi connectivity index (χ1v) is 9.94. The van der Waals surface area contributed by atoms with Crippen molar-refractivity contribution < 1.29 is 4.79 Å². The number of hydrogen-bond donors (Lipinski definition) is 1. The molecule has 1 saturated heterocycles. The Labute approximate surface area is 160 Å². The number of H-pyrrole nitrogens is 1. The van der Waals surface area contributed by atoms with Gasteiger partial charge in [0.15, 0.2) is 0 Å². The van der Waals surface area contributed by atoms with E-state index in [1.807, 2.05) is 64.9 Å². The number of nitrogens with one attached hydrogen (secondary N) is 1. The summed E-state index contributed by atoms with van der Waals surface area (Å²) >= 11 is 1.51. The predicted octanol–water partition coefficient (Wildman–Crippen LogP) is 4.66. The molecule has 27 heavy (non-hydrogen) atoms. The van der Waals surface area contributed by atoms with E-state index in [0.717, 1.165) is 46.8 Å². The van der Waals surface area contributed by atoms with Crippen LogP contribution < -0.4 is 0 Å². The molecule has 2 aromatic heterocycles. The number of likely N-dealkylation sites (tertiary alicyclic amines) is 1. The van der Waals surface area contributed by atoms with Gasteiger partial charge in [0, 0.05) is 17.5 Å². The lowest BCUT2D eigenvalue weighted by Crippen LogP contribution is -2.31. The first-order chi connectivity index (χ1) is 13.3. The van der Waals surface area contributed by atoms with Gasteiger partial charge >= 0.3 is 0 Å². The molecule has 0 spiro atoms. The first-order valence-electron chi connectivity index (χ1n) is 9.06. The molecule has 0 aliphatic carbocycles. The van der Waals surface area contributed by atoms with Crippen molar-refractivity contribution in [3.05, 3.63) is 71.5 Å². The number of rotatable bonds is 3. The molecule has 6 heteroatoms. The van der Waals surface area contributed by atoms with Crippen molar-refractivity contribution >= 4 is 28.3 Å². The summed E-state index contributed by atoms with van der Waals surface area (Å²) in [7, 11) is 0. The van der Waals surface area contributed by atoms with E-state index in [2.05, 4.69) is 9.97 Å². The van der Waals surface area contributed by atoms with Crippen molar-refractivity contribution in [2.24, 2.45) is 0 Å². The Bertz CT molecular complexity index is 1070. The van der Waals surface area contributed by atoms with Crippen LogP contribution in [0, 0.1) is 0 Å². The molecule has 3 heterocycles. The quantitative estimate of drug-likeness (QED) is 0.567. The van der Waals surface area contributed by atoms with Gasteiger partial charge in [0.25, 0.3) is 5.91 Å². The number of fused-ring (bicyclic) bond motifs is 1. The van der Waals surface area contributed by atoms with E-state index in [1.54, 1.807) is 0 Å². The van der Waals surface area contributed by atoms with Crippen molar-refractivity contribution in [1.29, 1.82) is 0 Å². The fourth-order valence-corrected chi connectivity index (χ4v) is 4.46. The van der Waals surface area contributed by atoms with Crippen LogP contribution in [0.4, 0.5) is 0 Å². The maximum absolute atomic E-state index is 13.1. The van der Waals surface area contributed by atoms with Crippen LogP contribution in [0.3, 0.4) is 0 Å². The van der Waals surface area contributed by atoms with Gasteiger partial charge in [-0.05, 0) is 25.0 Å². The van der Waals surface area contributed by atoms with Gasteiger partial charge in [0.1, 0.15) is 16.5 Å². The molecule has 1 aliphatic rings. The Morgan fingerprint density at radius 3 is 2.74 bits per heavy atom. The maximum atomic E-state index is 13.1. The Morgan fingerprint density at radius 1 is 1.07 bits per heavy atom.